The van der Waals surface area contributed by atoms with Crippen molar-refractivity contribution in [3.05, 3.63) is 64.2 Å². The van der Waals surface area contributed by atoms with Crippen molar-refractivity contribution in [1.29, 1.82) is 0 Å². The van der Waals surface area contributed by atoms with Gasteiger partial charge in [0.2, 0.25) is 0 Å². The quantitative estimate of drug-likeness (QED) is 0.483. The average molecular weight is 399 g/mol. The molecule has 0 aliphatic heterocycles. The second-order valence-corrected chi connectivity index (χ2v) is 9.10. The molecular weight excluding hydrogens is 364 g/mol. The van der Waals surface area contributed by atoms with Crippen molar-refractivity contribution < 1.29 is 4.74 Å². The van der Waals surface area contributed by atoms with Gasteiger partial charge in [-0.3, -0.25) is 0 Å². The molecule has 1 unspecified atom stereocenters. The Balaban J connectivity index is 1.82. The lowest BCUT2D eigenvalue weighted by atomic mass is 9.61. The van der Waals surface area contributed by atoms with Crippen molar-refractivity contribution in [2.45, 2.75) is 59.8 Å². The first-order chi connectivity index (χ1) is 13.4. The molecule has 3 rings (SSSR count). The lowest BCUT2D eigenvalue weighted by Gasteiger charge is -2.44. The molecule has 28 heavy (non-hydrogen) atoms. The van der Waals surface area contributed by atoms with Gasteiger partial charge in [0.25, 0.3) is 0 Å². The van der Waals surface area contributed by atoms with Crippen molar-refractivity contribution in [2.75, 3.05) is 6.61 Å². The van der Waals surface area contributed by atoms with E-state index in [1.54, 1.807) is 0 Å². The van der Waals surface area contributed by atoms with Crippen molar-refractivity contribution in [3.63, 3.8) is 0 Å². The first-order valence-electron chi connectivity index (χ1n) is 10.9. The molecule has 2 heteroatoms. The zero-order chi connectivity index (χ0) is 20.3. The number of hydrogen-bond donors (Lipinski definition) is 0. The molecule has 0 saturated heterocycles. The second-order valence-electron chi connectivity index (χ2n) is 8.69. The standard InChI is InChI=1S/C26H35ClO/c1-6-21-16-25(19(5)17(3)18(21)4)22-10-13-26(27)23(15-22)14-20-8-11-24(12-9-20)28-7-2/h8-13,15,17-19,21,25H,6-7,14,16H2,1-5H3/t17-,18-,19+,21?,25+/m0/s1. The fraction of sp³-hybridized carbons (Fsp3) is 0.538. The first kappa shape index (κ1) is 21.2. The molecule has 1 aliphatic rings. The van der Waals surface area contributed by atoms with Gasteiger partial charge >= 0.3 is 0 Å². The third-order valence-corrected chi connectivity index (χ3v) is 7.61. The monoisotopic (exact) mass is 398 g/mol. The van der Waals surface area contributed by atoms with E-state index in [1.807, 2.05) is 6.92 Å². The van der Waals surface area contributed by atoms with E-state index in [0.29, 0.717) is 18.4 Å². The van der Waals surface area contributed by atoms with Crippen LogP contribution in [0.1, 0.15) is 70.1 Å². The lowest BCUT2D eigenvalue weighted by Crippen LogP contribution is -2.34. The van der Waals surface area contributed by atoms with Crippen LogP contribution in [0, 0.1) is 23.7 Å². The molecule has 0 amide bonds. The maximum atomic E-state index is 6.59. The highest BCUT2D eigenvalue weighted by atomic mass is 35.5. The van der Waals surface area contributed by atoms with E-state index in [9.17, 15) is 0 Å². The highest BCUT2D eigenvalue weighted by molar-refractivity contribution is 6.31. The summed E-state index contributed by atoms with van der Waals surface area (Å²) in [6.07, 6.45) is 3.44. The molecule has 0 radical (unpaired) electrons. The Morgan fingerprint density at radius 2 is 1.64 bits per heavy atom. The molecule has 1 nitrogen and oxygen atoms in total. The van der Waals surface area contributed by atoms with E-state index in [4.69, 9.17) is 16.3 Å². The predicted octanol–water partition coefficient (Wildman–Crippen LogP) is 7.75. The van der Waals surface area contributed by atoms with Crippen LogP contribution in [0.25, 0.3) is 0 Å². The third kappa shape index (κ3) is 4.57. The molecule has 1 saturated carbocycles. The Labute approximate surface area is 176 Å². The largest absolute Gasteiger partial charge is 0.494 e. The van der Waals surface area contributed by atoms with Gasteiger partial charge in [0.05, 0.1) is 6.61 Å². The van der Waals surface area contributed by atoms with Gasteiger partial charge in [0, 0.05) is 5.02 Å². The Hall–Kier alpha value is -1.47. The maximum absolute atomic E-state index is 6.59. The lowest BCUT2D eigenvalue weighted by molar-refractivity contribution is 0.0996. The number of ether oxygens (including phenoxy) is 1. The highest BCUT2D eigenvalue weighted by Crippen LogP contribution is 2.48. The summed E-state index contributed by atoms with van der Waals surface area (Å²) in [5.41, 5.74) is 3.97. The Kier molecular flexibility index (Phi) is 7.10. The normalized spacial score (nSPS) is 27.6. The zero-order valence-electron chi connectivity index (χ0n) is 18.0. The SMILES string of the molecule is CCOc1ccc(Cc2cc([C@@H]3CC(CC)[C@@H](C)[C@H](C)[C@H]3C)ccc2Cl)cc1. The molecule has 152 valence electrons. The molecule has 0 bridgehead atoms. The molecule has 0 spiro atoms. The van der Waals surface area contributed by atoms with E-state index in [-0.39, 0.29) is 0 Å². The maximum Gasteiger partial charge on any atom is 0.119 e. The van der Waals surface area contributed by atoms with Gasteiger partial charge in [-0.1, -0.05) is 70.0 Å². The summed E-state index contributed by atoms with van der Waals surface area (Å²) in [5, 5.41) is 0.870. The minimum absolute atomic E-state index is 0.632. The van der Waals surface area contributed by atoms with Crippen LogP contribution in [0.4, 0.5) is 0 Å². The second kappa shape index (κ2) is 9.35. The fourth-order valence-electron chi connectivity index (χ4n) is 5.06. The van der Waals surface area contributed by atoms with Gasteiger partial charge in [-0.2, -0.15) is 0 Å². The average Bonchev–Trinajstić information content (AvgIpc) is 2.70. The van der Waals surface area contributed by atoms with Crippen LogP contribution in [0.5, 0.6) is 5.75 Å². The van der Waals surface area contributed by atoms with Crippen LogP contribution in [0.3, 0.4) is 0 Å². The van der Waals surface area contributed by atoms with E-state index >= 15 is 0 Å². The summed E-state index contributed by atoms with van der Waals surface area (Å²) >= 11 is 6.59. The number of hydrogen-bond acceptors (Lipinski definition) is 1. The van der Waals surface area contributed by atoms with Crippen molar-refractivity contribution in [3.8, 4) is 5.75 Å². The van der Waals surface area contributed by atoms with E-state index in [0.717, 1.165) is 34.9 Å². The van der Waals surface area contributed by atoms with E-state index in [2.05, 4.69) is 70.2 Å². The van der Waals surface area contributed by atoms with Crippen LogP contribution >= 0.6 is 11.6 Å². The van der Waals surface area contributed by atoms with Gasteiger partial charge in [0.15, 0.2) is 0 Å². The molecule has 2 aromatic rings. The van der Waals surface area contributed by atoms with Crippen LogP contribution < -0.4 is 4.74 Å². The van der Waals surface area contributed by atoms with Crippen LogP contribution in [-0.2, 0) is 6.42 Å². The summed E-state index contributed by atoms with van der Waals surface area (Å²) in [7, 11) is 0. The zero-order valence-corrected chi connectivity index (χ0v) is 18.8. The number of rotatable bonds is 6. The van der Waals surface area contributed by atoms with E-state index in [1.165, 1.54) is 29.5 Å². The fourth-order valence-corrected chi connectivity index (χ4v) is 5.24. The van der Waals surface area contributed by atoms with Crippen molar-refractivity contribution in [1.82, 2.24) is 0 Å². The Bertz CT molecular complexity index is 765. The van der Waals surface area contributed by atoms with Crippen LogP contribution in [-0.4, -0.2) is 6.61 Å². The van der Waals surface area contributed by atoms with Crippen molar-refractivity contribution in [2.24, 2.45) is 23.7 Å². The number of halogens is 1. The molecule has 0 N–H and O–H groups in total. The molecule has 1 aliphatic carbocycles. The summed E-state index contributed by atoms with van der Waals surface area (Å²) in [5.74, 6) is 4.66. The topological polar surface area (TPSA) is 9.23 Å². The summed E-state index contributed by atoms with van der Waals surface area (Å²) < 4.78 is 5.56. The minimum atomic E-state index is 0.632. The third-order valence-electron chi connectivity index (χ3n) is 7.24. The molecular formula is C26H35ClO. The summed E-state index contributed by atoms with van der Waals surface area (Å²) in [6.45, 7) is 12.4. The number of benzene rings is 2. The Morgan fingerprint density at radius 3 is 2.29 bits per heavy atom. The van der Waals surface area contributed by atoms with Gasteiger partial charge in [-0.15, -0.1) is 0 Å². The van der Waals surface area contributed by atoms with Crippen molar-refractivity contribution >= 4 is 11.6 Å². The smallest absolute Gasteiger partial charge is 0.119 e. The molecule has 0 aromatic heterocycles. The van der Waals surface area contributed by atoms with Gasteiger partial charge in [-0.25, -0.2) is 0 Å². The first-order valence-corrected chi connectivity index (χ1v) is 11.3. The summed E-state index contributed by atoms with van der Waals surface area (Å²) in [4.78, 5) is 0. The minimum Gasteiger partial charge on any atom is -0.494 e. The molecule has 2 aromatic carbocycles. The van der Waals surface area contributed by atoms with Gasteiger partial charge in [0.1, 0.15) is 5.75 Å². The Morgan fingerprint density at radius 1 is 0.929 bits per heavy atom. The van der Waals surface area contributed by atoms with E-state index < -0.39 is 0 Å². The summed E-state index contributed by atoms with van der Waals surface area (Å²) in [6, 6.07) is 15.1. The highest BCUT2D eigenvalue weighted by Gasteiger charge is 2.37. The van der Waals surface area contributed by atoms with Gasteiger partial charge in [-0.05, 0) is 84.2 Å². The van der Waals surface area contributed by atoms with Gasteiger partial charge < -0.3 is 4.74 Å². The predicted molar refractivity (Wildman–Crippen MR) is 121 cm³/mol. The molecule has 0 heterocycles. The van der Waals surface area contributed by atoms with Crippen LogP contribution in [0.15, 0.2) is 42.5 Å². The molecule has 5 atom stereocenters. The molecule has 1 fully saturated rings. The van der Waals surface area contributed by atoms with Crippen LogP contribution in [0.2, 0.25) is 5.02 Å².